The minimum absolute atomic E-state index is 0.0237. The average Bonchev–Trinajstić information content (AvgIpc) is 3.33. The van der Waals surface area contributed by atoms with Crippen molar-refractivity contribution in [2.45, 2.75) is 74.7 Å². The topological polar surface area (TPSA) is 141 Å². The van der Waals surface area contributed by atoms with Crippen molar-refractivity contribution in [1.82, 2.24) is 19.4 Å². The molecule has 0 radical (unpaired) electrons. The van der Waals surface area contributed by atoms with E-state index >= 15 is 0 Å². The number of ketones is 1. The van der Waals surface area contributed by atoms with E-state index in [1.165, 1.54) is 25.2 Å². The van der Waals surface area contributed by atoms with Gasteiger partial charge >= 0.3 is 15.0 Å². The van der Waals surface area contributed by atoms with Crippen LogP contribution in [0.3, 0.4) is 0 Å². The molecule has 1 aliphatic carbocycles. The van der Waals surface area contributed by atoms with Gasteiger partial charge in [-0.1, -0.05) is 44.9 Å². The summed E-state index contributed by atoms with van der Waals surface area (Å²) in [5, 5.41) is 19.4. The second kappa shape index (κ2) is 12.6. The fourth-order valence-corrected chi connectivity index (χ4v) is 6.35. The van der Waals surface area contributed by atoms with Gasteiger partial charge in [0.05, 0.1) is 0 Å². The fourth-order valence-electron chi connectivity index (χ4n) is 4.27. The normalized spacial score (nSPS) is 15.8. The number of pyridine rings is 1. The van der Waals surface area contributed by atoms with E-state index in [-0.39, 0.29) is 46.2 Å². The van der Waals surface area contributed by atoms with Crippen LogP contribution in [-0.2, 0) is 14.8 Å². The van der Waals surface area contributed by atoms with Crippen molar-refractivity contribution in [2.75, 3.05) is 19.3 Å². The summed E-state index contributed by atoms with van der Waals surface area (Å²) in [5.41, 5.74) is 0. The van der Waals surface area contributed by atoms with E-state index in [0.717, 1.165) is 60.8 Å². The Balaban J connectivity index is 1.64. The molecule has 198 valence electrons. The maximum atomic E-state index is 13.3. The third-order valence-corrected chi connectivity index (χ3v) is 8.83. The van der Waals surface area contributed by atoms with Gasteiger partial charge in [-0.2, -0.15) is 9.04 Å². The number of nitrogens with zero attached hydrogens (tertiary/aromatic N) is 5. The van der Waals surface area contributed by atoms with Gasteiger partial charge in [0.25, 0.3) is 11.1 Å². The number of thioether (sulfide) groups is 1. The molecule has 0 saturated heterocycles. The second-order valence-corrected chi connectivity index (χ2v) is 12.3. The number of carbonyl (C=O) groups is 2. The molecule has 0 bridgehead atoms. The number of hydrogen-bond acceptors (Lipinski definition) is 9. The highest BCUT2D eigenvalue weighted by Gasteiger charge is 2.35. The highest BCUT2D eigenvalue weighted by Crippen LogP contribution is 2.27. The van der Waals surface area contributed by atoms with Crippen LogP contribution in [0.1, 0.15) is 63.1 Å². The number of hydrogen-bond donors (Lipinski definition) is 0. The summed E-state index contributed by atoms with van der Waals surface area (Å²) in [6.45, 7) is 4.06. The lowest BCUT2D eigenvalue weighted by atomic mass is 9.91. The molecule has 1 atom stereocenters. The molecule has 0 aromatic carbocycles. The quantitative estimate of drug-likeness (QED) is 0.123. The SMILES string of the molecule is CC(C)C[C@@H](C(=O)c1nnc(SCCN(C)S(=O)(=O)c2cccc[n+]2[O-])o1)N(C=O)C1CCCCC1. The number of carbonyl (C=O) groups excluding carboxylic acids is 2. The van der Waals surface area contributed by atoms with Gasteiger partial charge in [0.15, 0.2) is 6.20 Å². The zero-order chi connectivity index (χ0) is 26.3. The number of rotatable bonds is 13. The van der Waals surface area contributed by atoms with Gasteiger partial charge in [0, 0.05) is 37.5 Å². The van der Waals surface area contributed by atoms with Crippen LogP contribution in [-0.4, -0.2) is 71.4 Å². The molecule has 1 aliphatic rings. The fraction of sp³-hybridized carbons (Fsp3) is 0.609. The molecule has 0 unspecified atom stereocenters. The molecule has 0 aliphatic heterocycles. The van der Waals surface area contributed by atoms with Gasteiger partial charge in [-0.25, -0.2) is 8.42 Å². The second-order valence-electron chi connectivity index (χ2n) is 9.27. The van der Waals surface area contributed by atoms with Crippen LogP contribution in [0.15, 0.2) is 39.1 Å². The van der Waals surface area contributed by atoms with E-state index in [9.17, 15) is 23.2 Å². The Hall–Kier alpha value is -2.51. The first-order valence-corrected chi connectivity index (χ1v) is 14.5. The summed E-state index contributed by atoms with van der Waals surface area (Å²) >= 11 is 1.10. The first-order chi connectivity index (χ1) is 17.1. The first kappa shape index (κ1) is 28.1. The smallest absolute Gasteiger partial charge is 0.323 e. The molecule has 0 spiro atoms. The van der Waals surface area contributed by atoms with Crippen LogP contribution in [0.5, 0.6) is 0 Å². The van der Waals surface area contributed by atoms with Crippen LogP contribution in [0.25, 0.3) is 0 Å². The maximum absolute atomic E-state index is 13.3. The third kappa shape index (κ3) is 6.83. The Morgan fingerprint density at radius 3 is 2.64 bits per heavy atom. The van der Waals surface area contributed by atoms with Crippen molar-refractivity contribution in [3.05, 3.63) is 35.5 Å². The summed E-state index contributed by atoms with van der Waals surface area (Å²) in [4.78, 5) is 26.9. The van der Waals surface area contributed by atoms with Crippen molar-refractivity contribution in [1.29, 1.82) is 0 Å². The molecule has 1 fully saturated rings. The summed E-state index contributed by atoms with van der Waals surface area (Å²) in [6, 6.07) is 3.52. The summed E-state index contributed by atoms with van der Waals surface area (Å²) in [5.74, 6) is -0.112. The lowest BCUT2D eigenvalue weighted by Crippen LogP contribution is -2.48. The monoisotopic (exact) mass is 539 g/mol. The molecular weight excluding hydrogens is 506 g/mol. The molecule has 2 aromatic heterocycles. The molecule has 0 N–H and O–H groups in total. The highest BCUT2D eigenvalue weighted by atomic mass is 32.2. The van der Waals surface area contributed by atoms with Gasteiger partial charge in [-0.15, -0.1) is 10.2 Å². The molecule has 2 heterocycles. The van der Waals surface area contributed by atoms with Gasteiger partial charge in [0.2, 0.25) is 12.2 Å². The Bertz CT molecular complexity index is 1130. The van der Waals surface area contributed by atoms with Gasteiger partial charge in [0.1, 0.15) is 6.04 Å². The maximum Gasteiger partial charge on any atom is 0.323 e. The Kier molecular flexibility index (Phi) is 9.85. The van der Waals surface area contributed by atoms with Crippen LogP contribution in [0.4, 0.5) is 0 Å². The van der Waals surface area contributed by atoms with Crippen molar-refractivity contribution in [3.63, 3.8) is 0 Å². The zero-order valence-corrected chi connectivity index (χ0v) is 22.4. The average molecular weight is 540 g/mol. The van der Waals surface area contributed by atoms with Crippen LogP contribution >= 0.6 is 11.8 Å². The van der Waals surface area contributed by atoms with Crippen LogP contribution in [0, 0.1) is 11.1 Å². The lowest BCUT2D eigenvalue weighted by molar-refractivity contribution is -0.646. The standard InChI is InChI=1S/C23H33N5O6S2/c1-17(2)15-19(27(16-29)18-9-5-4-6-10-18)21(30)22-24-25-23(34-22)35-14-13-26(3)36(32,33)20-11-7-8-12-28(20)31/h7-8,11-12,16-19H,4-6,9-10,13-15H2,1-3H3/t19-/m0/s1. The van der Waals surface area contributed by atoms with Crippen molar-refractivity contribution in [3.8, 4) is 0 Å². The summed E-state index contributed by atoms with van der Waals surface area (Å²) < 4.78 is 32.2. The molecule has 13 heteroatoms. The van der Waals surface area contributed by atoms with Crippen LogP contribution < -0.4 is 4.73 Å². The number of Topliss-reactive ketones (excluding diaryl/α,β-unsaturated/α-hetero) is 1. The van der Waals surface area contributed by atoms with E-state index in [1.54, 1.807) is 4.90 Å². The van der Waals surface area contributed by atoms with E-state index in [1.807, 2.05) is 13.8 Å². The van der Waals surface area contributed by atoms with E-state index in [0.29, 0.717) is 11.2 Å². The third-order valence-electron chi connectivity index (χ3n) is 6.19. The minimum Gasteiger partial charge on any atom is -0.618 e. The summed E-state index contributed by atoms with van der Waals surface area (Å²) in [7, 11) is -2.59. The molecule has 1 amide bonds. The molecular formula is C23H33N5O6S2. The number of aromatic nitrogens is 3. The minimum atomic E-state index is -3.97. The first-order valence-electron chi connectivity index (χ1n) is 12.0. The Morgan fingerprint density at radius 1 is 1.28 bits per heavy atom. The van der Waals surface area contributed by atoms with Crippen LogP contribution in [0.2, 0.25) is 0 Å². The molecule has 3 rings (SSSR count). The number of sulfonamides is 1. The summed E-state index contributed by atoms with van der Waals surface area (Å²) in [6.07, 6.45) is 7.31. The van der Waals surface area contributed by atoms with E-state index in [4.69, 9.17) is 4.42 Å². The zero-order valence-electron chi connectivity index (χ0n) is 20.8. The predicted octanol–water partition coefficient (Wildman–Crippen LogP) is 2.50. The van der Waals surface area contributed by atoms with Crippen molar-refractivity contribution in [2.24, 2.45) is 5.92 Å². The van der Waals surface area contributed by atoms with Crippen molar-refractivity contribution >= 4 is 34.0 Å². The molecule has 1 saturated carbocycles. The Labute approximate surface area is 215 Å². The highest BCUT2D eigenvalue weighted by molar-refractivity contribution is 7.99. The van der Waals surface area contributed by atoms with Gasteiger partial charge < -0.3 is 14.5 Å². The lowest BCUT2D eigenvalue weighted by Gasteiger charge is -2.36. The van der Waals surface area contributed by atoms with Gasteiger partial charge in [-0.3, -0.25) is 9.59 Å². The van der Waals surface area contributed by atoms with Gasteiger partial charge in [-0.05, 0) is 31.2 Å². The largest absolute Gasteiger partial charge is 0.618 e. The Morgan fingerprint density at radius 2 is 2.00 bits per heavy atom. The molecule has 36 heavy (non-hydrogen) atoms. The molecule has 2 aromatic rings. The van der Waals surface area contributed by atoms with Crippen molar-refractivity contribution < 1.29 is 27.2 Å². The molecule has 11 nitrogen and oxygen atoms in total. The predicted molar refractivity (Wildman–Crippen MR) is 133 cm³/mol. The van der Waals surface area contributed by atoms with E-state index < -0.39 is 16.1 Å². The van der Waals surface area contributed by atoms with E-state index in [2.05, 4.69) is 10.2 Å². The number of amides is 1.